The van der Waals surface area contributed by atoms with Crippen LogP contribution in [0.4, 0.5) is 17.1 Å². The lowest BCUT2D eigenvalue weighted by Crippen LogP contribution is -2.26. The van der Waals surface area contributed by atoms with E-state index >= 15 is 0 Å². The molecule has 0 fully saturated rings. The Morgan fingerprint density at radius 2 is 0.714 bits per heavy atom. The molecular weight excluding hydrogens is 759 g/mol. The molecule has 3 aliphatic rings. The summed E-state index contributed by atoms with van der Waals surface area (Å²) in [6, 6.07) is 84.0. The van der Waals surface area contributed by atoms with E-state index in [4.69, 9.17) is 0 Å². The van der Waals surface area contributed by atoms with Gasteiger partial charge in [-0.3, -0.25) is 0 Å². The fraction of sp³-hybridized carbons (Fsp3) is 0.0645. The summed E-state index contributed by atoms with van der Waals surface area (Å²) in [5, 5.41) is 2.55. The predicted molar refractivity (Wildman–Crippen MR) is 263 cm³/mol. The van der Waals surface area contributed by atoms with Crippen LogP contribution in [0.25, 0.3) is 66.4 Å². The Hall–Kier alpha value is -7.74. The summed E-state index contributed by atoms with van der Waals surface area (Å²) in [7, 11) is 0. The largest absolute Gasteiger partial charge is 0.310 e. The summed E-state index contributed by atoms with van der Waals surface area (Å²) in [6.45, 7) is 4.80. The van der Waals surface area contributed by atoms with Crippen LogP contribution in [0.1, 0.15) is 47.2 Å². The van der Waals surface area contributed by atoms with E-state index in [1.807, 2.05) is 0 Å². The number of fused-ring (bicyclic) bond motifs is 14. The third kappa shape index (κ3) is 5.05. The van der Waals surface area contributed by atoms with Gasteiger partial charge in [-0.15, -0.1) is 0 Å². The highest BCUT2D eigenvalue weighted by molar-refractivity contribution is 5.99. The topological polar surface area (TPSA) is 3.24 Å². The van der Waals surface area contributed by atoms with Crippen molar-refractivity contribution in [2.24, 2.45) is 0 Å². The molecule has 0 saturated carbocycles. The molecule has 0 saturated heterocycles. The van der Waals surface area contributed by atoms with E-state index in [0.717, 1.165) is 17.1 Å². The molecule has 1 heteroatoms. The van der Waals surface area contributed by atoms with Crippen LogP contribution in [0.2, 0.25) is 0 Å². The number of benzene rings is 10. The quantitative estimate of drug-likeness (QED) is 0.168. The molecule has 296 valence electrons. The maximum Gasteiger partial charge on any atom is 0.0726 e. The first-order valence-electron chi connectivity index (χ1n) is 22.2. The Labute approximate surface area is 369 Å². The molecule has 0 aliphatic heterocycles. The van der Waals surface area contributed by atoms with Gasteiger partial charge < -0.3 is 4.90 Å². The van der Waals surface area contributed by atoms with E-state index < -0.39 is 5.41 Å². The van der Waals surface area contributed by atoms with Crippen molar-refractivity contribution in [2.45, 2.75) is 24.7 Å². The Bertz CT molecular complexity index is 3410. The molecule has 0 heterocycles. The molecule has 0 radical (unpaired) electrons. The molecule has 0 amide bonds. The number of hydrogen-bond donors (Lipinski definition) is 0. The van der Waals surface area contributed by atoms with Crippen molar-refractivity contribution in [3.63, 3.8) is 0 Å². The monoisotopic (exact) mass is 801 g/mol. The molecule has 13 rings (SSSR count). The first kappa shape index (κ1) is 36.0. The number of rotatable bonds is 5. The van der Waals surface area contributed by atoms with E-state index in [1.54, 1.807) is 0 Å². The minimum absolute atomic E-state index is 0.217. The van der Waals surface area contributed by atoms with Crippen molar-refractivity contribution in [3.05, 3.63) is 258 Å². The number of nitrogens with zero attached hydrogens (tertiary/aromatic N) is 1. The van der Waals surface area contributed by atoms with Gasteiger partial charge in [0.15, 0.2) is 0 Å². The molecule has 0 atom stereocenters. The molecule has 63 heavy (non-hydrogen) atoms. The lowest BCUT2D eigenvalue weighted by atomic mass is 9.70. The van der Waals surface area contributed by atoms with E-state index in [2.05, 4.69) is 243 Å². The maximum atomic E-state index is 2.50. The fourth-order valence-electron chi connectivity index (χ4n) is 11.6. The second-order valence-corrected chi connectivity index (χ2v) is 18.0. The smallest absolute Gasteiger partial charge is 0.0726 e. The highest BCUT2D eigenvalue weighted by atomic mass is 15.1. The standard InChI is InChI=1S/C62H43N/c1-61(2)58-37-43(48-23-14-18-42-17-6-7-19-47(42)48)29-34-52(58)53-35-32-45(38-59(53)61)63(44-30-27-41(28-31-44)40-15-4-3-5-16-40)46-33-36-54-51-22-10-13-26-57(51)62(60(54)39-46)55-24-11-8-20-49(55)50-21-9-12-25-56(50)62/h3-39H,1-2H3. The Balaban J connectivity index is 0.995. The van der Waals surface area contributed by atoms with Crippen molar-refractivity contribution < 1.29 is 0 Å². The van der Waals surface area contributed by atoms with Crippen LogP contribution < -0.4 is 4.90 Å². The molecule has 0 unspecified atom stereocenters. The average Bonchev–Trinajstić information content (AvgIpc) is 3.90. The third-order valence-electron chi connectivity index (χ3n) is 14.5. The van der Waals surface area contributed by atoms with Crippen LogP contribution in [-0.2, 0) is 10.8 Å². The van der Waals surface area contributed by atoms with Crippen molar-refractivity contribution in [1.29, 1.82) is 0 Å². The van der Waals surface area contributed by atoms with Crippen LogP contribution in [0, 0.1) is 0 Å². The summed E-state index contributed by atoms with van der Waals surface area (Å²) < 4.78 is 0. The zero-order valence-electron chi connectivity index (χ0n) is 35.3. The van der Waals surface area contributed by atoms with Crippen LogP contribution in [0.5, 0.6) is 0 Å². The van der Waals surface area contributed by atoms with Gasteiger partial charge >= 0.3 is 0 Å². The molecule has 3 aliphatic carbocycles. The Morgan fingerprint density at radius 3 is 1.37 bits per heavy atom. The van der Waals surface area contributed by atoms with Gasteiger partial charge in [0.05, 0.1) is 5.41 Å². The highest BCUT2D eigenvalue weighted by Crippen LogP contribution is 2.63. The van der Waals surface area contributed by atoms with Crippen molar-refractivity contribution in [2.75, 3.05) is 4.90 Å². The van der Waals surface area contributed by atoms with Gasteiger partial charge in [-0.2, -0.15) is 0 Å². The summed E-state index contributed by atoms with van der Waals surface area (Å²) in [5.74, 6) is 0. The Morgan fingerprint density at radius 1 is 0.286 bits per heavy atom. The van der Waals surface area contributed by atoms with Gasteiger partial charge in [0.25, 0.3) is 0 Å². The first-order chi connectivity index (χ1) is 31.0. The molecule has 1 spiro atoms. The van der Waals surface area contributed by atoms with Crippen molar-refractivity contribution in [1.82, 2.24) is 0 Å². The van der Waals surface area contributed by atoms with Crippen molar-refractivity contribution >= 4 is 27.8 Å². The van der Waals surface area contributed by atoms with Crippen LogP contribution in [0.15, 0.2) is 224 Å². The van der Waals surface area contributed by atoms with Crippen molar-refractivity contribution in [3.8, 4) is 55.6 Å². The van der Waals surface area contributed by atoms with E-state index in [0.29, 0.717) is 0 Å². The number of hydrogen-bond acceptors (Lipinski definition) is 1. The second kappa shape index (κ2) is 13.4. The first-order valence-corrected chi connectivity index (χ1v) is 22.2. The minimum atomic E-state index is -0.429. The molecule has 0 N–H and O–H groups in total. The van der Waals surface area contributed by atoms with Gasteiger partial charge in [0, 0.05) is 22.5 Å². The lowest BCUT2D eigenvalue weighted by Gasteiger charge is -2.32. The Kier molecular flexibility index (Phi) is 7.64. The zero-order chi connectivity index (χ0) is 41.9. The lowest BCUT2D eigenvalue weighted by molar-refractivity contribution is 0.660. The van der Waals surface area contributed by atoms with Crippen LogP contribution >= 0.6 is 0 Å². The maximum absolute atomic E-state index is 2.50. The van der Waals surface area contributed by atoms with Gasteiger partial charge in [-0.25, -0.2) is 0 Å². The molecule has 0 aromatic heterocycles. The normalized spacial score (nSPS) is 14.1. The summed E-state index contributed by atoms with van der Waals surface area (Å²) in [6.07, 6.45) is 0. The van der Waals surface area contributed by atoms with E-state index in [-0.39, 0.29) is 5.41 Å². The van der Waals surface area contributed by atoms with Gasteiger partial charge in [0.2, 0.25) is 0 Å². The van der Waals surface area contributed by atoms with Gasteiger partial charge in [-0.05, 0) is 142 Å². The van der Waals surface area contributed by atoms with Crippen LogP contribution in [0.3, 0.4) is 0 Å². The zero-order valence-corrected chi connectivity index (χ0v) is 35.3. The molecule has 0 bridgehead atoms. The van der Waals surface area contributed by atoms with Gasteiger partial charge in [0.1, 0.15) is 0 Å². The minimum Gasteiger partial charge on any atom is -0.310 e. The number of anilines is 3. The van der Waals surface area contributed by atoms with E-state index in [9.17, 15) is 0 Å². The SMILES string of the molecule is CC1(C)c2cc(-c3cccc4ccccc34)ccc2-c2ccc(N(c3ccc(-c4ccccc4)cc3)c3ccc4c(c3)C3(c5ccccc5-c5ccccc53)c3ccccc3-4)cc21. The molecule has 10 aromatic rings. The average molecular weight is 802 g/mol. The molecule has 1 nitrogen and oxygen atoms in total. The highest BCUT2D eigenvalue weighted by Gasteiger charge is 2.51. The van der Waals surface area contributed by atoms with E-state index in [1.165, 1.54) is 99.8 Å². The summed E-state index contributed by atoms with van der Waals surface area (Å²) in [4.78, 5) is 2.49. The third-order valence-corrected chi connectivity index (χ3v) is 14.5. The predicted octanol–water partition coefficient (Wildman–Crippen LogP) is 16.3. The van der Waals surface area contributed by atoms with Crippen LogP contribution in [-0.4, -0.2) is 0 Å². The summed E-state index contributed by atoms with van der Waals surface area (Å²) >= 11 is 0. The molecular formula is C62H43N. The molecule has 10 aromatic carbocycles. The summed E-state index contributed by atoms with van der Waals surface area (Å²) in [5.41, 5.74) is 23.7. The fourth-order valence-corrected chi connectivity index (χ4v) is 11.6. The second-order valence-electron chi connectivity index (χ2n) is 18.0. The van der Waals surface area contributed by atoms with Gasteiger partial charge in [-0.1, -0.05) is 196 Å².